The zero-order chi connectivity index (χ0) is 12.8. The van der Waals surface area contributed by atoms with E-state index >= 15 is 0 Å². The van der Waals surface area contributed by atoms with Crippen molar-refractivity contribution in [2.24, 2.45) is 5.73 Å². The van der Waals surface area contributed by atoms with Crippen LogP contribution < -0.4 is 11.1 Å². The van der Waals surface area contributed by atoms with Crippen molar-refractivity contribution in [2.45, 2.75) is 25.9 Å². The molecule has 0 saturated carbocycles. The minimum atomic E-state index is -0.106. The smallest absolute Gasteiger partial charge is 0.234 e. The first-order valence-corrected chi connectivity index (χ1v) is 6.55. The van der Waals surface area contributed by atoms with Gasteiger partial charge in [0.25, 0.3) is 0 Å². The van der Waals surface area contributed by atoms with E-state index in [-0.39, 0.29) is 37.3 Å². The van der Waals surface area contributed by atoms with Gasteiger partial charge < -0.3 is 11.1 Å². The molecular weight excluding hydrogens is 297 g/mol. The van der Waals surface area contributed by atoms with E-state index in [1.807, 2.05) is 6.07 Å². The fraction of sp³-hybridized carbons (Fsp3) is 0.500. The van der Waals surface area contributed by atoms with Crippen LogP contribution in [-0.4, -0.2) is 30.4 Å². The Morgan fingerprint density at radius 2 is 1.75 bits per heavy atom. The van der Waals surface area contributed by atoms with Crippen molar-refractivity contribution in [3.8, 4) is 0 Å². The predicted molar refractivity (Wildman–Crippen MR) is 86.4 cm³/mol. The quantitative estimate of drug-likeness (QED) is 0.868. The van der Waals surface area contributed by atoms with Gasteiger partial charge in [0, 0.05) is 13.1 Å². The summed E-state index contributed by atoms with van der Waals surface area (Å²) in [6, 6.07) is 8.28. The maximum atomic E-state index is 11.2. The summed E-state index contributed by atoms with van der Waals surface area (Å²) in [4.78, 5) is 13.7. The van der Waals surface area contributed by atoms with Crippen LogP contribution in [0.5, 0.6) is 0 Å². The highest BCUT2D eigenvalue weighted by Crippen LogP contribution is 2.15. The van der Waals surface area contributed by atoms with Crippen LogP contribution in [0.1, 0.15) is 24.0 Å². The van der Waals surface area contributed by atoms with E-state index in [2.05, 4.69) is 28.4 Å². The molecule has 114 valence electrons. The maximum absolute atomic E-state index is 11.2. The lowest BCUT2D eigenvalue weighted by Gasteiger charge is -2.17. The predicted octanol–water partition coefficient (Wildman–Crippen LogP) is 1.70. The zero-order valence-electron chi connectivity index (χ0n) is 11.5. The number of amides is 1. The molecule has 1 fully saturated rings. The molecule has 3 N–H and O–H groups in total. The summed E-state index contributed by atoms with van der Waals surface area (Å²) in [7, 11) is 0. The van der Waals surface area contributed by atoms with E-state index in [1.54, 1.807) is 0 Å². The third-order valence-corrected chi connectivity index (χ3v) is 3.37. The normalized spacial score (nSPS) is 14.2. The van der Waals surface area contributed by atoms with Crippen molar-refractivity contribution in [2.75, 3.05) is 19.6 Å². The van der Waals surface area contributed by atoms with Gasteiger partial charge in [-0.2, -0.15) is 0 Å². The second kappa shape index (κ2) is 10.00. The molecule has 1 aliphatic heterocycles. The lowest BCUT2D eigenvalue weighted by Crippen LogP contribution is -2.30. The lowest BCUT2D eigenvalue weighted by atomic mass is 10.1. The van der Waals surface area contributed by atoms with Crippen LogP contribution in [0.15, 0.2) is 24.3 Å². The van der Waals surface area contributed by atoms with E-state index < -0.39 is 0 Å². The number of nitrogens with zero attached hydrogens (tertiary/aromatic N) is 1. The van der Waals surface area contributed by atoms with E-state index in [0.717, 1.165) is 6.54 Å². The lowest BCUT2D eigenvalue weighted by molar-refractivity contribution is -0.119. The Kier molecular flexibility index (Phi) is 9.59. The molecule has 1 amide bonds. The van der Waals surface area contributed by atoms with Gasteiger partial charge in [0.05, 0.1) is 6.54 Å². The Labute approximate surface area is 132 Å². The number of carbonyl (C=O) groups excluding carboxylic acids is 1. The Morgan fingerprint density at radius 1 is 1.15 bits per heavy atom. The fourth-order valence-electron chi connectivity index (χ4n) is 2.33. The molecule has 0 atom stereocenters. The van der Waals surface area contributed by atoms with Gasteiger partial charge in [0.1, 0.15) is 0 Å². The average molecular weight is 320 g/mol. The minimum absolute atomic E-state index is 0. The second-order valence-corrected chi connectivity index (χ2v) is 4.73. The summed E-state index contributed by atoms with van der Waals surface area (Å²) in [5, 5.41) is 2.83. The Hall–Kier alpha value is -0.810. The number of rotatable bonds is 5. The van der Waals surface area contributed by atoms with Crippen LogP contribution in [0.4, 0.5) is 0 Å². The van der Waals surface area contributed by atoms with Crippen molar-refractivity contribution >= 4 is 30.7 Å². The summed E-state index contributed by atoms with van der Waals surface area (Å²) >= 11 is 0. The standard InChI is InChI=1S/C14H21N3O.2ClH/c15-9-14(18)16-10-12-5-1-2-6-13(12)11-17-7-3-4-8-17;;/h1-2,5-6H,3-4,7-11,15H2,(H,16,18);2*1H. The molecule has 4 nitrogen and oxygen atoms in total. The summed E-state index contributed by atoms with van der Waals surface area (Å²) < 4.78 is 0. The average Bonchev–Trinajstić information content (AvgIpc) is 2.90. The molecular formula is C14H23Cl2N3O. The molecule has 1 aliphatic rings. The van der Waals surface area contributed by atoms with E-state index in [1.165, 1.54) is 37.1 Å². The summed E-state index contributed by atoms with van der Waals surface area (Å²) in [5.74, 6) is -0.106. The van der Waals surface area contributed by atoms with Gasteiger partial charge in [-0.25, -0.2) is 0 Å². The molecule has 1 heterocycles. The topological polar surface area (TPSA) is 58.4 Å². The fourth-order valence-corrected chi connectivity index (χ4v) is 2.33. The first kappa shape index (κ1) is 19.2. The molecule has 0 aromatic heterocycles. The van der Waals surface area contributed by atoms with Gasteiger partial charge in [-0.3, -0.25) is 9.69 Å². The van der Waals surface area contributed by atoms with Crippen LogP contribution in [0, 0.1) is 0 Å². The molecule has 0 radical (unpaired) electrons. The molecule has 20 heavy (non-hydrogen) atoms. The van der Waals surface area contributed by atoms with Gasteiger partial charge in [0.2, 0.25) is 5.91 Å². The third-order valence-electron chi connectivity index (χ3n) is 3.37. The Morgan fingerprint density at radius 3 is 2.35 bits per heavy atom. The molecule has 1 saturated heterocycles. The monoisotopic (exact) mass is 319 g/mol. The largest absolute Gasteiger partial charge is 0.351 e. The van der Waals surface area contributed by atoms with E-state index in [0.29, 0.717) is 6.54 Å². The van der Waals surface area contributed by atoms with Crippen molar-refractivity contribution in [3.63, 3.8) is 0 Å². The summed E-state index contributed by atoms with van der Waals surface area (Å²) in [5.41, 5.74) is 7.77. The molecule has 2 rings (SSSR count). The van der Waals surface area contributed by atoms with Crippen LogP contribution in [0.2, 0.25) is 0 Å². The number of hydrogen-bond acceptors (Lipinski definition) is 3. The van der Waals surface area contributed by atoms with Crippen LogP contribution >= 0.6 is 24.8 Å². The zero-order valence-corrected chi connectivity index (χ0v) is 13.1. The van der Waals surface area contributed by atoms with Gasteiger partial charge in [-0.15, -0.1) is 24.8 Å². The van der Waals surface area contributed by atoms with Crippen LogP contribution in [0.3, 0.4) is 0 Å². The highest BCUT2D eigenvalue weighted by Gasteiger charge is 2.13. The van der Waals surface area contributed by atoms with Gasteiger partial charge in [-0.05, 0) is 37.1 Å². The summed E-state index contributed by atoms with van der Waals surface area (Å²) in [6.07, 6.45) is 2.60. The number of carbonyl (C=O) groups is 1. The molecule has 0 bridgehead atoms. The van der Waals surface area contributed by atoms with E-state index in [4.69, 9.17) is 5.73 Å². The van der Waals surface area contributed by atoms with Crippen molar-refractivity contribution < 1.29 is 4.79 Å². The third kappa shape index (κ3) is 5.67. The van der Waals surface area contributed by atoms with Crippen molar-refractivity contribution in [1.82, 2.24) is 10.2 Å². The SMILES string of the molecule is Cl.Cl.NCC(=O)NCc1ccccc1CN1CCCC1. The maximum Gasteiger partial charge on any atom is 0.234 e. The highest BCUT2D eigenvalue weighted by atomic mass is 35.5. The number of hydrogen-bond donors (Lipinski definition) is 2. The summed E-state index contributed by atoms with van der Waals surface area (Å²) in [6.45, 7) is 3.97. The molecule has 0 spiro atoms. The number of halogens is 2. The molecule has 0 aliphatic carbocycles. The van der Waals surface area contributed by atoms with Crippen LogP contribution in [0.25, 0.3) is 0 Å². The molecule has 6 heteroatoms. The van der Waals surface area contributed by atoms with Crippen molar-refractivity contribution in [3.05, 3.63) is 35.4 Å². The highest BCUT2D eigenvalue weighted by molar-refractivity contribution is 5.85. The Balaban J connectivity index is 0.00000180. The first-order chi connectivity index (χ1) is 8.79. The van der Waals surface area contributed by atoms with Gasteiger partial charge >= 0.3 is 0 Å². The molecule has 1 aromatic carbocycles. The van der Waals surface area contributed by atoms with Crippen molar-refractivity contribution in [1.29, 1.82) is 0 Å². The number of nitrogens with two attached hydrogens (primary N) is 1. The second-order valence-electron chi connectivity index (χ2n) is 4.73. The minimum Gasteiger partial charge on any atom is -0.351 e. The molecule has 1 aromatic rings. The first-order valence-electron chi connectivity index (χ1n) is 6.55. The Bertz CT molecular complexity index is 409. The van der Waals surface area contributed by atoms with Gasteiger partial charge in [-0.1, -0.05) is 24.3 Å². The van der Waals surface area contributed by atoms with Gasteiger partial charge in [0.15, 0.2) is 0 Å². The van der Waals surface area contributed by atoms with E-state index in [9.17, 15) is 4.79 Å². The number of nitrogens with one attached hydrogen (secondary N) is 1. The number of likely N-dealkylation sites (tertiary alicyclic amines) is 1. The number of benzene rings is 1. The van der Waals surface area contributed by atoms with Crippen LogP contribution in [-0.2, 0) is 17.9 Å². The molecule has 0 unspecified atom stereocenters.